The number of hydrogen-bond acceptors (Lipinski definition) is 13. The van der Waals surface area contributed by atoms with E-state index in [2.05, 4.69) is 23.8 Å². The van der Waals surface area contributed by atoms with Crippen molar-refractivity contribution < 1.29 is 42.9 Å². The number of anilines is 2. The predicted octanol–water partition coefficient (Wildman–Crippen LogP) is 4.37. The molecular weight excluding hydrogens is 632 g/mol. The van der Waals surface area contributed by atoms with Crippen LogP contribution in [0.5, 0.6) is 0 Å². The molecule has 2 aromatic rings. The van der Waals surface area contributed by atoms with Crippen LogP contribution in [0.2, 0.25) is 0 Å². The summed E-state index contributed by atoms with van der Waals surface area (Å²) in [5.74, 6) is -2.82. The SMILES string of the molecule is C=C(C)C(=O)OCCOC(=O)/C(C#N)=C/c1ccc(NCCOCCNc2ccc(/C=C(\C#N)C(=O)OCCOC(=O)C(=C)C)cc2)cc1. The Bertz CT molecular complexity index is 1510. The second kappa shape index (κ2) is 21.6. The first-order chi connectivity index (χ1) is 23.5. The number of esters is 4. The third-order valence-corrected chi connectivity index (χ3v) is 6.07. The second-order valence-electron chi connectivity index (χ2n) is 10.2. The Labute approximate surface area is 285 Å². The average Bonchev–Trinajstić information content (AvgIpc) is 3.09. The molecule has 2 N–H and O–H groups in total. The first kappa shape index (κ1) is 39.0. The van der Waals surface area contributed by atoms with E-state index in [9.17, 15) is 29.7 Å². The first-order valence-corrected chi connectivity index (χ1v) is 15.0. The maximum Gasteiger partial charge on any atom is 0.349 e. The molecule has 2 rings (SSSR count). The van der Waals surface area contributed by atoms with Gasteiger partial charge in [0.1, 0.15) is 49.7 Å². The molecule has 0 bridgehead atoms. The van der Waals surface area contributed by atoms with Crippen LogP contribution in [0, 0.1) is 22.7 Å². The number of carbonyl (C=O) groups is 4. The highest BCUT2D eigenvalue weighted by atomic mass is 16.6. The number of carbonyl (C=O) groups excluding carboxylic acids is 4. The average molecular weight is 671 g/mol. The van der Waals surface area contributed by atoms with Crippen LogP contribution in [0.15, 0.2) is 84.0 Å². The largest absolute Gasteiger partial charge is 0.459 e. The fraction of sp³-hybridized carbons (Fsp3) is 0.278. The van der Waals surface area contributed by atoms with Gasteiger partial charge in [0.05, 0.1) is 13.2 Å². The fourth-order valence-corrected chi connectivity index (χ4v) is 3.58. The molecule has 0 aromatic heterocycles. The molecule has 0 aliphatic carbocycles. The van der Waals surface area contributed by atoms with Gasteiger partial charge in [-0.1, -0.05) is 37.4 Å². The molecule has 0 fully saturated rings. The third kappa shape index (κ3) is 15.3. The third-order valence-electron chi connectivity index (χ3n) is 6.07. The summed E-state index contributed by atoms with van der Waals surface area (Å²) in [6, 6.07) is 17.8. The van der Waals surface area contributed by atoms with Crippen LogP contribution in [0.1, 0.15) is 25.0 Å². The molecule has 0 atom stereocenters. The Morgan fingerprint density at radius 2 is 0.918 bits per heavy atom. The highest BCUT2D eigenvalue weighted by Gasteiger charge is 2.13. The molecular formula is C36H38N4O9. The molecule has 0 saturated heterocycles. The lowest BCUT2D eigenvalue weighted by Gasteiger charge is -2.10. The van der Waals surface area contributed by atoms with Gasteiger partial charge < -0.3 is 34.3 Å². The van der Waals surface area contributed by atoms with Crippen molar-refractivity contribution in [3.05, 3.63) is 95.1 Å². The van der Waals surface area contributed by atoms with Crippen molar-refractivity contribution in [2.45, 2.75) is 13.8 Å². The summed E-state index contributed by atoms with van der Waals surface area (Å²) in [5.41, 5.74) is 2.99. The summed E-state index contributed by atoms with van der Waals surface area (Å²) in [6.07, 6.45) is 2.81. The molecule has 49 heavy (non-hydrogen) atoms. The number of nitrogens with one attached hydrogen (secondary N) is 2. The van der Waals surface area contributed by atoms with Crippen molar-refractivity contribution in [3.63, 3.8) is 0 Å². The zero-order valence-corrected chi connectivity index (χ0v) is 27.4. The lowest BCUT2D eigenvalue weighted by Crippen LogP contribution is -2.15. The van der Waals surface area contributed by atoms with Crippen molar-refractivity contribution in [2.75, 3.05) is 63.4 Å². The molecule has 13 nitrogen and oxygen atoms in total. The normalized spacial score (nSPS) is 10.9. The van der Waals surface area contributed by atoms with Gasteiger partial charge in [-0.05, 0) is 61.4 Å². The molecule has 13 heteroatoms. The quantitative estimate of drug-likeness (QED) is 0.0666. The molecule has 0 saturated carbocycles. The summed E-state index contributed by atoms with van der Waals surface area (Å²) in [7, 11) is 0. The topological polar surface area (TPSA) is 186 Å². The van der Waals surface area contributed by atoms with Crippen LogP contribution in [0.25, 0.3) is 12.2 Å². The van der Waals surface area contributed by atoms with E-state index in [0.717, 1.165) is 11.4 Å². The van der Waals surface area contributed by atoms with Gasteiger partial charge in [-0.15, -0.1) is 0 Å². The van der Waals surface area contributed by atoms with Crippen LogP contribution in [0.4, 0.5) is 11.4 Å². The van der Waals surface area contributed by atoms with E-state index in [1.165, 1.54) is 26.0 Å². The minimum Gasteiger partial charge on any atom is -0.459 e. The van der Waals surface area contributed by atoms with E-state index < -0.39 is 23.9 Å². The number of hydrogen-bond donors (Lipinski definition) is 2. The summed E-state index contributed by atoms with van der Waals surface area (Å²) < 4.78 is 25.3. The number of nitriles is 2. The van der Waals surface area contributed by atoms with Crippen LogP contribution in [-0.4, -0.2) is 76.6 Å². The number of nitrogens with zero attached hydrogens (tertiary/aromatic N) is 2. The van der Waals surface area contributed by atoms with E-state index in [-0.39, 0.29) is 48.7 Å². The van der Waals surface area contributed by atoms with Crippen LogP contribution < -0.4 is 10.6 Å². The molecule has 0 amide bonds. The minimum atomic E-state index is -0.820. The molecule has 256 valence electrons. The van der Waals surface area contributed by atoms with E-state index >= 15 is 0 Å². The molecule has 0 aliphatic rings. The zero-order valence-electron chi connectivity index (χ0n) is 27.4. The van der Waals surface area contributed by atoms with Crippen molar-refractivity contribution in [1.82, 2.24) is 0 Å². The van der Waals surface area contributed by atoms with Gasteiger partial charge in [0.25, 0.3) is 0 Å². The lowest BCUT2D eigenvalue weighted by molar-refractivity contribution is -0.147. The maximum atomic E-state index is 12.2. The van der Waals surface area contributed by atoms with Crippen LogP contribution in [0.3, 0.4) is 0 Å². The van der Waals surface area contributed by atoms with Gasteiger partial charge in [-0.25, -0.2) is 19.2 Å². The lowest BCUT2D eigenvalue weighted by atomic mass is 10.1. The van der Waals surface area contributed by atoms with Crippen molar-refractivity contribution in [2.24, 2.45) is 0 Å². The number of ether oxygens (including phenoxy) is 5. The molecule has 0 aliphatic heterocycles. The van der Waals surface area contributed by atoms with Gasteiger partial charge in [-0.2, -0.15) is 10.5 Å². The van der Waals surface area contributed by atoms with Crippen LogP contribution >= 0.6 is 0 Å². The highest BCUT2D eigenvalue weighted by Crippen LogP contribution is 2.15. The molecule has 0 unspecified atom stereocenters. The summed E-state index contributed by atoms with van der Waals surface area (Å²) in [6.45, 7) is 11.3. The maximum absolute atomic E-state index is 12.2. The summed E-state index contributed by atoms with van der Waals surface area (Å²) in [4.78, 5) is 47.0. The highest BCUT2D eigenvalue weighted by molar-refractivity contribution is 5.98. The summed E-state index contributed by atoms with van der Waals surface area (Å²) >= 11 is 0. The van der Waals surface area contributed by atoms with E-state index in [4.69, 9.17) is 23.7 Å². The van der Waals surface area contributed by atoms with E-state index in [1.54, 1.807) is 48.5 Å². The molecule has 0 heterocycles. The number of rotatable bonds is 20. The Morgan fingerprint density at radius 3 is 1.22 bits per heavy atom. The monoisotopic (exact) mass is 670 g/mol. The minimum absolute atomic E-state index is 0.140. The van der Waals surface area contributed by atoms with Gasteiger partial charge in [0, 0.05) is 35.6 Å². The first-order valence-electron chi connectivity index (χ1n) is 15.0. The Hall–Kier alpha value is -6.18. The predicted molar refractivity (Wildman–Crippen MR) is 181 cm³/mol. The number of benzene rings is 2. The van der Waals surface area contributed by atoms with Crippen molar-refractivity contribution in [3.8, 4) is 12.1 Å². The van der Waals surface area contributed by atoms with Gasteiger partial charge in [-0.3, -0.25) is 0 Å². The van der Waals surface area contributed by atoms with Crippen molar-refractivity contribution >= 4 is 47.4 Å². The Morgan fingerprint density at radius 1 is 0.592 bits per heavy atom. The van der Waals surface area contributed by atoms with Crippen molar-refractivity contribution in [1.29, 1.82) is 10.5 Å². The smallest absolute Gasteiger partial charge is 0.349 e. The van der Waals surface area contributed by atoms with E-state index in [0.29, 0.717) is 37.4 Å². The molecule has 0 spiro atoms. The zero-order chi connectivity index (χ0) is 36.0. The summed E-state index contributed by atoms with van der Waals surface area (Å²) in [5, 5.41) is 25.1. The fourth-order valence-electron chi connectivity index (χ4n) is 3.58. The standard InChI is InChI=1S/C36H38N4O9/c1-25(2)33(41)46-17-19-48-35(43)29(23-37)21-27-5-9-31(10-6-27)39-13-15-45-16-14-40-32-11-7-28(8-12-32)22-30(24-38)36(44)49-20-18-47-34(42)26(3)4/h5-12,21-22,39-40H,1,3,13-20H2,2,4H3/b29-21+,30-22+. The van der Waals surface area contributed by atoms with Gasteiger partial charge >= 0.3 is 23.9 Å². The molecule has 0 radical (unpaired) electrons. The van der Waals surface area contributed by atoms with Gasteiger partial charge in [0.15, 0.2) is 0 Å². The Kier molecular flexibility index (Phi) is 17.2. The molecule has 2 aromatic carbocycles. The van der Waals surface area contributed by atoms with Gasteiger partial charge in [0.2, 0.25) is 0 Å². The van der Waals surface area contributed by atoms with Crippen LogP contribution in [-0.2, 0) is 42.9 Å². The second-order valence-corrected chi connectivity index (χ2v) is 10.2. The van der Waals surface area contributed by atoms with E-state index in [1.807, 2.05) is 12.1 Å². The Balaban J connectivity index is 1.67.